The van der Waals surface area contributed by atoms with E-state index >= 15 is 0 Å². The lowest BCUT2D eigenvalue weighted by molar-refractivity contribution is -0.139. The number of hydrogen-bond donors (Lipinski definition) is 1. The highest BCUT2D eigenvalue weighted by molar-refractivity contribution is 8.16. The molecular formula is C26H27N3O4S. The molecule has 2 aromatic carbocycles. The first-order valence-corrected chi connectivity index (χ1v) is 12.1. The number of hydrogen-bond acceptors (Lipinski definition) is 7. The zero-order valence-electron chi connectivity index (χ0n) is 19.4. The Kier molecular flexibility index (Phi) is 7.37. The zero-order chi connectivity index (χ0) is 24.1. The summed E-state index contributed by atoms with van der Waals surface area (Å²) >= 11 is 1.50. The largest absolute Gasteiger partial charge is 0.484 e. The highest BCUT2D eigenvalue weighted by atomic mass is 32.2. The Bertz CT molecular complexity index is 1190. The van der Waals surface area contributed by atoms with Gasteiger partial charge in [-0.05, 0) is 55.0 Å². The third-order valence-electron chi connectivity index (χ3n) is 5.53. The average molecular weight is 478 g/mol. The zero-order valence-corrected chi connectivity index (χ0v) is 20.2. The fraction of sp³-hybridized carbons (Fsp3) is 0.269. The third-order valence-corrected chi connectivity index (χ3v) is 6.30. The van der Waals surface area contributed by atoms with Crippen LogP contribution < -0.4 is 10.1 Å². The normalized spacial score (nSPS) is 16.7. The number of thioether (sulfide) groups is 1. The third kappa shape index (κ3) is 5.02. The van der Waals surface area contributed by atoms with Crippen molar-refractivity contribution >= 4 is 34.5 Å². The predicted molar refractivity (Wildman–Crippen MR) is 134 cm³/mol. The van der Waals surface area contributed by atoms with Crippen LogP contribution in [-0.2, 0) is 20.7 Å². The summed E-state index contributed by atoms with van der Waals surface area (Å²) < 4.78 is 11.1. The van der Waals surface area contributed by atoms with Crippen LogP contribution in [0.4, 0.5) is 5.69 Å². The minimum atomic E-state index is -0.397. The van der Waals surface area contributed by atoms with Crippen molar-refractivity contribution in [3.63, 3.8) is 0 Å². The van der Waals surface area contributed by atoms with Gasteiger partial charge in [0.2, 0.25) is 0 Å². The van der Waals surface area contributed by atoms with Gasteiger partial charge in [-0.2, -0.15) is 0 Å². The Labute approximate surface area is 203 Å². The second kappa shape index (κ2) is 10.6. The van der Waals surface area contributed by atoms with Crippen LogP contribution in [0.3, 0.4) is 0 Å². The van der Waals surface area contributed by atoms with Crippen LogP contribution in [-0.4, -0.2) is 35.2 Å². The number of amidine groups is 1. The smallest absolute Gasteiger partial charge is 0.338 e. The standard InChI is InChI=1S/C26H27N3O4S/c1-4-18-9-6-7-12-21(18)28-22(30)16-33-20-11-8-10-19(15-20)24-23(25(31)32-5-2)17(3)27-26-29(24)13-14-34-26/h6-15,24H,4-5,16H2,1-3H3,(H,28,30)/t24-/m1/s1. The summed E-state index contributed by atoms with van der Waals surface area (Å²) in [5.74, 6) is -0.0872. The van der Waals surface area contributed by atoms with Crippen molar-refractivity contribution in [1.82, 2.24) is 4.90 Å². The van der Waals surface area contributed by atoms with Crippen molar-refractivity contribution in [1.29, 1.82) is 0 Å². The van der Waals surface area contributed by atoms with Gasteiger partial charge in [0.1, 0.15) is 5.75 Å². The molecule has 0 aromatic heterocycles. The molecule has 0 spiro atoms. The average Bonchev–Trinajstić information content (AvgIpc) is 3.30. The molecule has 34 heavy (non-hydrogen) atoms. The monoisotopic (exact) mass is 477 g/mol. The van der Waals surface area contributed by atoms with Crippen molar-refractivity contribution in [2.45, 2.75) is 33.2 Å². The molecule has 0 radical (unpaired) electrons. The van der Waals surface area contributed by atoms with E-state index in [1.165, 1.54) is 11.8 Å². The van der Waals surface area contributed by atoms with Crippen molar-refractivity contribution in [3.8, 4) is 5.75 Å². The van der Waals surface area contributed by atoms with Gasteiger partial charge in [-0.25, -0.2) is 9.79 Å². The van der Waals surface area contributed by atoms with E-state index in [1.54, 1.807) is 13.0 Å². The van der Waals surface area contributed by atoms with Gasteiger partial charge < -0.3 is 19.7 Å². The number of esters is 1. The van der Waals surface area contributed by atoms with Crippen LogP contribution in [0, 0.1) is 0 Å². The molecule has 176 valence electrons. The van der Waals surface area contributed by atoms with Gasteiger partial charge in [0.15, 0.2) is 11.8 Å². The molecule has 0 fully saturated rings. The van der Waals surface area contributed by atoms with Crippen molar-refractivity contribution < 1.29 is 19.1 Å². The molecule has 8 heteroatoms. The molecular weight excluding hydrogens is 450 g/mol. The number of nitrogens with one attached hydrogen (secondary N) is 1. The lowest BCUT2D eigenvalue weighted by atomic mass is 9.94. The van der Waals surface area contributed by atoms with E-state index in [1.807, 2.05) is 72.8 Å². The van der Waals surface area contributed by atoms with E-state index < -0.39 is 12.0 Å². The number of rotatable bonds is 8. The van der Waals surface area contributed by atoms with Gasteiger partial charge >= 0.3 is 5.97 Å². The van der Waals surface area contributed by atoms with Crippen LogP contribution >= 0.6 is 11.8 Å². The topological polar surface area (TPSA) is 80.2 Å². The quantitative estimate of drug-likeness (QED) is 0.537. The lowest BCUT2D eigenvalue weighted by Gasteiger charge is -2.33. The summed E-state index contributed by atoms with van der Waals surface area (Å²) in [5.41, 5.74) is 3.82. The maximum absolute atomic E-state index is 12.8. The molecule has 2 aromatic rings. The van der Waals surface area contributed by atoms with Gasteiger partial charge in [-0.15, -0.1) is 0 Å². The predicted octanol–water partition coefficient (Wildman–Crippen LogP) is 5.03. The molecule has 0 saturated carbocycles. The number of carbonyl (C=O) groups is 2. The van der Waals surface area contributed by atoms with Gasteiger partial charge in [0.25, 0.3) is 5.91 Å². The lowest BCUT2D eigenvalue weighted by Crippen LogP contribution is -2.34. The maximum Gasteiger partial charge on any atom is 0.338 e. The highest BCUT2D eigenvalue weighted by Gasteiger charge is 2.37. The van der Waals surface area contributed by atoms with Gasteiger partial charge in [0, 0.05) is 11.9 Å². The number of carbonyl (C=O) groups excluding carboxylic acids is 2. The van der Waals surface area contributed by atoms with Gasteiger partial charge in [-0.3, -0.25) is 4.79 Å². The molecule has 2 aliphatic heterocycles. The summed E-state index contributed by atoms with van der Waals surface area (Å²) in [6.45, 7) is 5.80. The van der Waals surface area contributed by atoms with Crippen molar-refractivity contribution in [3.05, 3.63) is 82.5 Å². The summed E-state index contributed by atoms with van der Waals surface area (Å²) in [6.07, 6.45) is 2.73. The molecule has 0 bridgehead atoms. The number of allylic oxidation sites excluding steroid dienone is 1. The number of anilines is 1. The summed E-state index contributed by atoms with van der Waals surface area (Å²) in [4.78, 5) is 31.9. The summed E-state index contributed by atoms with van der Waals surface area (Å²) in [7, 11) is 0. The fourth-order valence-electron chi connectivity index (χ4n) is 3.96. The van der Waals surface area contributed by atoms with E-state index in [9.17, 15) is 9.59 Å². The van der Waals surface area contributed by atoms with E-state index in [4.69, 9.17) is 9.47 Å². The first-order valence-electron chi connectivity index (χ1n) is 11.2. The molecule has 0 aliphatic carbocycles. The van der Waals surface area contributed by atoms with E-state index in [0.29, 0.717) is 17.0 Å². The second-order valence-corrected chi connectivity index (χ2v) is 8.62. The molecule has 1 atom stereocenters. The van der Waals surface area contributed by atoms with Crippen LogP contribution in [0.25, 0.3) is 0 Å². The van der Waals surface area contributed by atoms with E-state index in [2.05, 4.69) is 10.3 Å². The number of amides is 1. The maximum atomic E-state index is 12.8. The Morgan fingerprint density at radius 1 is 1.15 bits per heavy atom. The summed E-state index contributed by atoms with van der Waals surface area (Å²) in [5, 5.41) is 5.65. The fourth-order valence-corrected chi connectivity index (χ4v) is 4.75. The Balaban J connectivity index is 1.53. The highest BCUT2D eigenvalue weighted by Crippen LogP contribution is 2.41. The molecule has 1 amide bonds. The van der Waals surface area contributed by atoms with Gasteiger partial charge in [0.05, 0.1) is 23.9 Å². The Hall–Kier alpha value is -3.52. The molecule has 0 unspecified atom stereocenters. The van der Waals surface area contributed by atoms with Gasteiger partial charge in [-0.1, -0.05) is 49.0 Å². The number of fused-ring (bicyclic) bond motifs is 1. The minimum Gasteiger partial charge on any atom is -0.484 e. The summed E-state index contributed by atoms with van der Waals surface area (Å²) in [6, 6.07) is 14.7. The number of nitrogens with zero attached hydrogens (tertiary/aromatic N) is 2. The molecule has 2 heterocycles. The Morgan fingerprint density at radius 2 is 1.97 bits per heavy atom. The molecule has 4 rings (SSSR count). The minimum absolute atomic E-state index is 0.127. The number of ether oxygens (including phenoxy) is 2. The SMILES string of the molecule is CCOC(=O)C1=C(C)N=C2SC=CN2[C@@H]1c1cccc(OCC(=O)Nc2ccccc2CC)c1. The van der Waals surface area contributed by atoms with Crippen LogP contribution in [0.1, 0.15) is 37.9 Å². The van der Waals surface area contributed by atoms with Crippen molar-refractivity contribution in [2.24, 2.45) is 4.99 Å². The molecule has 7 nitrogen and oxygen atoms in total. The van der Waals surface area contributed by atoms with Crippen molar-refractivity contribution in [2.75, 3.05) is 18.5 Å². The number of benzene rings is 2. The number of aliphatic imine (C=N–C) groups is 1. The molecule has 2 aliphatic rings. The number of para-hydroxylation sites is 1. The van der Waals surface area contributed by atoms with Crippen LogP contribution in [0.2, 0.25) is 0 Å². The Morgan fingerprint density at radius 3 is 2.76 bits per heavy atom. The first kappa shape index (κ1) is 23.6. The molecule has 0 saturated heterocycles. The van der Waals surface area contributed by atoms with E-state index in [0.717, 1.165) is 28.4 Å². The van der Waals surface area contributed by atoms with Crippen LogP contribution in [0.5, 0.6) is 5.75 Å². The second-order valence-electron chi connectivity index (χ2n) is 7.75. The molecule has 1 N–H and O–H groups in total. The first-order chi connectivity index (χ1) is 16.5. The van der Waals surface area contributed by atoms with E-state index in [-0.39, 0.29) is 19.1 Å². The number of aryl methyl sites for hydroxylation is 1. The van der Waals surface area contributed by atoms with Crippen LogP contribution in [0.15, 0.2) is 76.4 Å².